The van der Waals surface area contributed by atoms with Gasteiger partial charge in [-0.3, -0.25) is 14.3 Å². The molecule has 0 unspecified atom stereocenters. The Balaban J connectivity index is 2.02. The minimum atomic E-state index is -0.531. The number of anilines is 1. The van der Waals surface area contributed by atoms with E-state index in [0.717, 1.165) is 0 Å². The zero-order chi connectivity index (χ0) is 14.1. The van der Waals surface area contributed by atoms with Crippen molar-refractivity contribution in [2.75, 3.05) is 5.32 Å². The Labute approximate surface area is 113 Å². The number of nitrogens with one attached hydrogen (secondary N) is 1. The number of hydrogen-bond donors (Lipinski definition) is 1. The van der Waals surface area contributed by atoms with Crippen LogP contribution in [-0.4, -0.2) is 25.1 Å². The molecule has 0 aromatic carbocycles. The second-order valence-corrected chi connectivity index (χ2v) is 4.21. The van der Waals surface area contributed by atoms with Gasteiger partial charge in [0.15, 0.2) is 5.65 Å². The first-order chi connectivity index (χ1) is 9.66. The summed E-state index contributed by atoms with van der Waals surface area (Å²) in [5.74, 6) is -0.148. The molecule has 0 radical (unpaired) electrons. The predicted octanol–water partition coefficient (Wildman–Crippen LogP) is 0.680. The van der Waals surface area contributed by atoms with E-state index in [1.165, 1.54) is 10.7 Å². The highest BCUT2D eigenvalue weighted by Crippen LogP contribution is 2.03. The zero-order valence-electron chi connectivity index (χ0n) is 10.6. The molecule has 0 aliphatic heterocycles. The molecule has 1 N–H and O–H groups in total. The molecule has 0 aliphatic carbocycles. The molecule has 100 valence electrons. The van der Waals surface area contributed by atoms with Gasteiger partial charge in [0, 0.05) is 31.7 Å². The molecule has 3 rings (SSSR count). The van der Waals surface area contributed by atoms with Gasteiger partial charge in [-0.1, -0.05) is 6.07 Å². The van der Waals surface area contributed by atoms with Gasteiger partial charge in [-0.15, -0.1) is 0 Å². The van der Waals surface area contributed by atoms with E-state index in [0.29, 0.717) is 11.5 Å². The maximum atomic E-state index is 12.3. The molecule has 0 saturated heterocycles. The summed E-state index contributed by atoms with van der Waals surface area (Å²) >= 11 is 0. The minimum absolute atomic E-state index is 0.0325. The molecule has 0 fully saturated rings. The highest BCUT2D eigenvalue weighted by atomic mass is 16.2. The predicted molar refractivity (Wildman–Crippen MR) is 72.6 cm³/mol. The molecule has 0 aliphatic rings. The monoisotopic (exact) mass is 269 g/mol. The van der Waals surface area contributed by atoms with Crippen molar-refractivity contribution in [2.24, 2.45) is 7.05 Å². The van der Waals surface area contributed by atoms with E-state index in [2.05, 4.69) is 15.3 Å². The molecule has 0 atom stereocenters. The van der Waals surface area contributed by atoms with Gasteiger partial charge in [-0.2, -0.15) is 4.52 Å². The average Bonchev–Trinajstić information content (AvgIpc) is 2.82. The Hall–Kier alpha value is -2.96. The summed E-state index contributed by atoms with van der Waals surface area (Å²) in [6, 6.07) is 6.82. The van der Waals surface area contributed by atoms with Crippen LogP contribution in [0.1, 0.15) is 10.4 Å². The fraction of sp³-hybridized carbons (Fsp3) is 0.0769. The molecule has 7 nitrogen and oxygen atoms in total. The van der Waals surface area contributed by atoms with E-state index >= 15 is 0 Å². The molecule has 20 heavy (non-hydrogen) atoms. The summed E-state index contributed by atoms with van der Waals surface area (Å²) in [6.07, 6.45) is 4.53. The normalized spacial score (nSPS) is 10.7. The van der Waals surface area contributed by atoms with Crippen LogP contribution in [0.5, 0.6) is 0 Å². The average molecular weight is 269 g/mol. The lowest BCUT2D eigenvalue weighted by molar-refractivity contribution is 0.102. The number of carbonyl (C=O) groups excluding carboxylic acids is 1. The third-order valence-corrected chi connectivity index (χ3v) is 2.87. The maximum absolute atomic E-state index is 12.3. The molecule has 0 spiro atoms. The van der Waals surface area contributed by atoms with Crippen molar-refractivity contribution in [3.8, 4) is 0 Å². The number of aromatic nitrogens is 4. The number of aryl methyl sites for hydroxylation is 1. The molecule has 1 amide bonds. The third-order valence-electron chi connectivity index (χ3n) is 2.87. The topological polar surface area (TPSA) is 81.3 Å². The number of carbonyl (C=O) groups is 1. The van der Waals surface area contributed by atoms with Crippen LogP contribution < -0.4 is 10.9 Å². The summed E-state index contributed by atoms with van der Waals surface area (Å²) in [5, 5.41) is 2.56. The van der Waals surface area contributed by atoms with Gasteiger partial charge in [-0.05, 0) is 12.1 Å². The van der Waals surface area contributed by atoms with E-state index in [9.17, 15) is 9.59 Å². The molecule has 7 heteroatoms. The van der Waals surface area contributed by atoms with Gasteiger partial charge < -0.3 is 5.32 Å². The zero-order valence-corrected chi connectivity index (χ0v) is 10.6. The Morgan fingerprint density at radius 2 is 2.10 bits per heavy atom. The molecule has 0 bridgehead atoms. The SMILES string of the molecule is Cn1ccc2ncc(C(=O)Nc3ccccn3)c(=O)n21. The first kappa shape index (κ1) is 12.1. The minimum Gasteiger partial charge on any atom is -0.306 e. The molecule has 3 aromatic rings. The summed E-state index contributed by atoms with van der Waals surface area (Å²) in [5.41, 5.74) is 0.0396. The first-order valence-electron chi connectivity index (χ1n) is 5.92. The van der Waals surface area contributed by atoms with Gasteiger partial charge in [-0.25, -0.2) is 9.97 Å². The summed E-state index contributed by atoms with van der Waals surface area (Å²) in [4.78, 5) is 32.4. The van der Waals surface area contributed by atoms with Crippen molar-refractivity contribution in [2.45, 2.75) is 0 Å². The van der Waals surface area contributed by atoms with E-state index in [-0.39, 0.29) is 5.56 Å². The number of pyridine rings is 1. The molecule has 0 saturated carbocycles. The van der Waals surface area contributed by atoms with Gasteiger partial charge >= 0.3 is 0 Å². The molecular weight excluding hydrogens is 258 g/mol. The second kappa shape index (κ2) is 4.61. The van der Waals surface area contributed by atoms with E-state index < -0.39 is 11.5 Å². The molecule has 3 heterocycles. The maximum Gasteiger partial charge on any atom is 0.285 e. The van der Waals surface area contributed by atoms with Gasteiger partial charge in [0.05, 0.1) is 0 Å². The van der Waals surface area contributed by atoms with Crippen LogP contribution in [0, 0.1) is 0 Å². The lowest BCUT2D eigenvalue weighted by Crippen LogP contribution is -2.28. The first-order valence-corrected chi connectivity index (χ1v) is 5.92. The van der Waals surface area contributed by atoms with Gasteiger partial charge in [0.2, 0.25) is 0 Å². The summed E-state index contributed by atoms with van der Waals surface area (Å²) < 4.78 is 2.90. The lowest BCUT2D eigenvalue weighted by Gasteiger charge is -2.04. The Kier molecular flexibility index (Phi) is 2.79. The van der Waals surface area contributed by atoms with Crippen molar-refractivity contribution in [1.82, 2.24) is 19.2 Å². The molecular formula is C13H11N5O2. The van der Waals surface area contributed by atoms with Crippen LogP contribution in [0.15, 0.2) is 47.7 Å². The number of amides is 1. The lowest BCUT2D eigenvalue weighted by atomic mass is 10.3. The Bertz CT molecular complexity index is 835. The van der Waals surface area contributed by atoms with Crippen LogP contribution in [0.25, 0.3) is 5.65 Å². The van der Waals surface area contributed by atoms with Gasteiger partial charge in [0.25, 0.3) is 11.5 Å². The number of nitrogens with zero attached hydrogens (tertiary/aromatic N) is 4. The van der Waals surface area contributed by atoms with E-state index in [4.69, 9.17) is 0 Å². The third kappa shape index (κ3) is 1.95. The van der Waals surface area contributed by atoms with Crippen LogP contribution >= 0.6 is 0 Å². The largest absolute Gasteiger partial charge is 0.306 e. The highest BCUT2D eigenvalue weighted by molar-refractivity contribution is 6.03. The van der Waals surface area contributed by atoms with Crippen molar-refractivity contribution in [3.05, 3.63) is 58.8 Å². The summed E-state index contributed by atoms with van der Waals surface area (Å²) in [6.45, 7) is 0. The smallest absolute Gasteiger partial charge is 0.285 e. The van der Waals surface area contributed by atoms with Crippen LogP contribution in [0.3, 0.4) is 0 Å². The highest BCUT2D eigenvalue weighted by Gasteiger charge is 2.15. The van der Waals surface area contributed by atoms with Gasteiger partial charge in [0.1, 0.15) is 11.4 Å². The van der Waals surface area contributed by atoms with E-state index in [1.807, 2.05) is 0 Å². The molecule has 3 aromatic heterocycles. The van der Waals surface area contributed by atoms with Crippen molar-refractivity contribution in [1.29, 1.82) is 0 Å². The summed E-state index contributed by atoms with van der Waals surface area (Å²) in [7, 11) is 1.70. The van der Waals surface area contributed by atoms with Crippen LogP contribution in [0.2, 0.25) is 0 Å². The van der Waals surface area contributed by atoms with Crippen LogP contribution in [0.4, 0.5) is 5.82 Å². The van der Waals surface area contributed by atoms with Crippen molar-refractivity contribution < 1.29 is 4.79 Å². The van der Waals surface area contributed by atoms with Crippen molar-refractivity contribution in [3.63, 3.8) is 0 Å². The Morgan fingerprint density at radius 1 is 1.25 bits per heavy atom. The van der Waals surface area contributed by atoms with Crippen molar-refractivity contribution >= 4 is 17.4 Å². The van der Waals surface area contributed by atoms with E-state index in [1.54, 1.807) is 48.4 Å². The second-order valence-electron chi connectivity index (χ2n) is 4.21. The number of rotatable bonds is 2. The number of fused-ring (bicyclic) bond motifs is 1. The fourth-order valence-electron chi connectivity index (χ4n) is 1.89. The Morgan fingerprint density at radius 3 is 2.85 bits per heavy atom. The number of hydrogen-bond acceptors (Lipinski definition) is 4. The van der Waals surface area contributed by atoms with Crippen LogP contribution in [-0.2, 0) is 7.05 Å². The quantitative estimate of drug-likeness (QED) is 0.741. The fourth-order valence-corrected chi connectivity index (χ4v) is 1.89. The standard InChI is InChI=1S/C13H11N5O2/c1-17-7-5-11-15-8-9(13(20)18(11)17)12(19)16-10-4-2-3-6-14-10/h2-8H,1H3,(H,14,16,19).